The lowest BCUT2D eigenvalue weighted by atomic mass is 9.87. The van der Waals surface area contributed by atoms with Crippen molar-refractivity contribution in [1.29, 1.82) is 0 Å². The Labute approximate surface area is 142 Å². The summed E-state index contributed by atoms with van der Waals surface area (Å²) >= 11 is 0. The molecule has 1 aliphatic heterocycles. The number of hydrogen-bond donors (Lipinski definition) is 0. The highest BCUT2D eigenvalue weighted by Gasteiger charge is 2.35. The van der Waals surface area contributed by atoms with Gasteiger partial charge in [0.25, 0.3) is 0 Å². The summed E-state index contributed by atoms with van der Waals surface area (Å²) in [6, 6.07) is 4.36. The molecule has 0 spiro atoms. The van der Waals surface area contributed by atoms with Crippen molar-refractivity contribution in [3.05, 3.63) is 23.9 Å². The molecule has 2 heterocycles. The minimum absolute atomic E-state index is 0.0467. The van der Waals surface area contributed by atoms with Crippen molar-refractivity contribution < 1.29 is 14.3 Å². The second-order valence-corrected chi connectivity index (χ2v) is 6.74. The zero-order valence-corrected chi connectivity index (χ0v) is 14.4. The number of anilines is 1. The molecular weight excluding hydrogens is 306 g/mol. The summed E-state index contributed by atoms with van der Waals surface area (Å²) in [4.78, 5) is 31.4. The number of carbonyl (C=O) groups excluding carboxylic acids is 2. The number of ether oxygens (including phenoxy) is 1. The second-order valence-electron chi connectivity index (χ2n) is 6.74. The zero-order valence-electron chi connectivity index (χ0n) is 14.4. The van der Waals surface area contributed by atoms with Gasteiger partial charge in [-0.2, -0.15) is 0 Å². The molecular formula is C18H25N3O3. The van der Waals surface area contributed by atoms with Gasteiger partial charge in [-0.15, -0.1) is 0 Å². The molecule has 0 amide bonds. The van der Waals surface area contributed by atoms with Crippen molar-refractivity contribution >= 4 is 17.4 Å². The Bertz CT molecular complexity index is 588. The Balaban J connectivity index is 1.43. The lowest BCUT2D eigenvalue weighted by Crippen LogP contribution is -2.55. The average molecular weight is 331 g/mol. The molecule has 2 fully saturated rings. The number of hydrogen-bond acceptors (Lipinski definition) is 6. The van der Waals surface area contributed by atoms with Crippen LogP contribution in [0.2, 0.25) is 0 Å². The van der Waals surface area contributed by atoms with Crippen LogP contribution < -0.4 is 4.90 Å². The van der Waals surface area contributed by atoms with Gasteiger partial charge in [0.15, 0.2) is 11.6 Å². The quantitative estimate of drug-likeness (QED) is 0.737. The van der Waals surface area contributed by atoms with Crippen LogP contribution >= 0.6 is 0 Å². The van der Waals surface area contributed by atoms with Crippen molar-refractivity contribution in [2.75, 3.05) is 37.7 Å². The van der Waals surface area contributed by atoms with Gasteiger partial charge in [0.05, 0.1) is 6.10 Å². The molecule has 0 atom stereocenters. The Morgan fingerprint density at radius 2 is 1.88 bits per heavy atom. The molecule has 1 aliphatic carbocycles. The Morgan fingerprint density at radius 1 is 1.17 bits per heavy atom. The summed E-state index contributed by atoms with van der Waals surface area (Å²) in [7, 11) is 0. The fraction of sp³-hybridized carbons (Fsp3) is 0.611. The maximum Gasteiger partial charge on any atom is 0.161 e. The SMILES string of the molecule is CC(=O)CO[C@H]1C[C@@H](N2CCN(c3ccc(C(C)=O)cn3)CC2)C1. The van der Waals surface area contributed by atoms with E-state index in [2.05, 4.69) is 14.8 Å². The predicted octanol–water partition coefficient (Wildman–Crippen LogP) is 1.54. The van der Waals surface area contributed by atoms with E-state index in [1.165, 1.54) is 0 Å². The summed E-state index contributed by atoms with van der Waals surface area (Å²) in [6.45, 7) is 7.28. The lowest BCUT2D eigenvalue weighted by Gasteiger charge is -2.46. The van der Waals surface area contributed by atoms with Crippen molar-refractivity contribution in [2.24, 2.45) is 0 Å². The van der Waals surface area contributed by atoms with Crippen molar-refractivity contribution in [2.45, 2.75) is 38.8 Å². The maximum absolute atomic E-state index is 11.3. The van der Waals surface area contributed by atoms with Crippen LogP contribution in [0, 0.1) is 0 Å². The number of nitrogens with zero attached hydrogens (tertiary/aromatic N) is 3. The number of ketones is 2. The maximum atomic E-state index is 11.3. The number of carbonyl (C=O) groups is 2. The summed E-state index contributed by atoms with van der Waals surface area (Å²) in [5.74, 6) is 1.08. The standard InChI is InChI=1S/C18H25N3O3/c1-13(22)12-24-17-9-16(10-17)20-5-7-21(8-6-20)18-4-3-15(11-19-18)14(2)23/h3-4,11,16-17H,5-10,12H2,1-2H3/t16-,17+. The van der Waals surface area contributed by atoms with E-state index in [1.807, 2.05) is 12.1 Å². The third-order valence-corrected chi connectivity index (χ3v) is 4.90. The van der Waals surface area contributed by atoms with E-state index >= 15 is 0 Å². The fourth-order valence-corrected chi connectivity index (χ4v) is 3.30. The van der Waals surface area contributed by atoms with Crippen molar-refractivity contribution in [1.82, 2.24) is 9.88 Å². The van der Waals surface area contributed by atoms with E-state index < -0.39 is 0 Å². The number of pyridine rings is 1. The highest BCUT2D eigenvalue weighted by Crippen LogP contribution is 2.29. The smallest absolute Gasteiger partial charge is 0.161 e. The minimum atomic E-state index is 0.0467. The first-order chi connectivity index (χ1) is 11.5. The van der Waals surface area contributed by atoms with Gasteiger partial charge >= 0.3 is 0 Å². The normalized spacial score (nSPS) is 24.5. The molecule has 2 aliphatic rings. The van der Waals surface area contributed by atoms with Gasteiger partial charge in [-0.25, -0.2) is 4.98 Å². The van der Waals surface area contributed by atoms with Gasteiger partial charge in [0.2, 0.25) is 0 Å². The second kappa shape index (κ2) is 7.40. The fourth-order valence-electron chi connectivity index (χ4n) is 3.30. The molecule has 0 radical (unpaired) electrons. The minimum Gasteiger partial charge on any atom is -0.370 e. The van der Waals surface area contributed by atoms with Crippen LogP contribution in [-0.4, -0.2) is 66.4 Å². The lowest BCUT2D eigenvalue weighted by molar-refractivity contribution is -0.127. The van der Waals surface area contributed by atoms with Crippen molar-refractivity contribution in [3.63, 3.8) is 0 Å². The molecule has 6 heteroatoms. The number of Topliss-reactive ketones (excluding diaryl/α,β-unsaturated/α-hetero) is 2. The summed E-state index contributed by atoms with van der Waals surface area (Å²) in [5, 5.41) is 0. The van der Waals surface area contributed by atoms with E-state index in [-0.39, 0.29) is 24.3 Å². The van der Waals surface area contributed by atoms with Crippen LogP contribution in [-0.2, 0) is 9.53 Å². The molecule has 24 heavy (non-hydrogen) atoms. The zero-order chi connectivity index (χ0) is 17.1. The van der Waals surface area contributed by atoms with Gasteiger partial charge in [-0.3, -0.25) is 14.5 Å². The summed E-state index contributed by atoms with van der Waals surface area (Å²) in [5.41, 5.74) is 0.656. The van der Waals surface area contributed by atoms with Gasteiger partial charge in [-0.05, 0) is 38.8 Å². The van der Waals surface area contributed by atoms with Gasteiger partial charge in [0, 0.05) is 44.0 Å². The van der Waals surface area contributed by atoms with Gasteiger partial charge in [-0.1, -0.05) is 0 Å². The highest BCUT2D eigenvalue weighted by molar-refractivity contribution is 5.93. The molecule has 1 saturated heterocycles. The van der Waals surface area contributed by atoms with Crippen LogP contribution in [0.4, 0.5) is 5.82 Å². The Hall–Kier alpha value is -1.79. The van der Waals surface area contributed by atoms with Crippen LogP contribution in [0.15, 0.2) is 18.3 Å². The first kappa shape index (κ1) is 17.0. The number of piperazine rings is 1. The topological polar surface area (TPSA) is 62.7 Å². The average Bonchev–Trinajstić information content (AvgIpc) is 2.54. The van der Waals surface area contributed by atoms with Crippen LogP contribution in [0.5, 0.6) is 0 Å². The molecule has 3 rings (SSSR count). The van der Waals surface area contributed by atoms with Gasteiger partial charge in [0.1, 0.15) is 12.4 Å². The third-order valence-electron chi connectivity index (χ3n) is 4.90. The van der Waals surface area contributed by atoms with Crippen LogP contribution in [0.1, 0.15) is 37.0 Å². The highest BCUT2D eigenvalue weighted by atomic mass is 16.5. The molecule has 6 nitrogen and oxygen atoms in total. The van der Waals surface area contributed by atoms with E-state index in [0.29, 0.717) is 11.6 Å². The van der Waals surface area contributed by atoms with Crippen molar-refractivity contribution in [3.8, 4) is 0 Å². The monoisotopic (exact) mass is 331 g/mol. The molecule has 0 aromatic carbocycles. The van der Waals surface area contributed by atoms with Crippen LogP contribution in [0.3, 0.4) is 0 Å². The molecule has 0 N–H and O–H groups in total. The molecule has 1 aromatic heterocycles. The molecule has 1 saturated carbocycles. The number of rotatable bonds is 6. The van der Waals surface area contributed by atoms with E-state index in [9.17, 15) is 9.59 Å². The van der Waals surface area contributed by atoms with E-state index in [4.69, 9.17) is 4.74 Å². The van der Waals surface area contributed by atoms with E-state index in [1.54, 1.807) is 20.0 Å². The third kappa shape index (κ3) is 3.99. The molecule has 130 valence electrons. The number of aromatic nitrogens is 1. The summed E-state index contributed by atoms with van der Waals surface area (Å²) < 4.78 is 5.56. The van der Waals surface area contributed by atoms with Gasteiger partial charge < -0.3 is 9.64 Å². The first-order valence-corrected chi connectivity index (χ1v) is 8.60. The molecule has 0 unspecified atom stereocenters. The Kier molecular flexibility index (Phi) is 5.26. The molecule has 0 bridgehead atoms. The molecule has 1 aromatic rings. The van der Waals surface area contributed by atoms with E-state index in [0.717, 1.165) is 44.8 Å². The largest absolute Gasteiger partial charge is 0.370 e. The first-order valence-electron chi connectivity index (χ1n) is 8.60. The Morgan fingerprint density at radius 3 is 2.42 bits per heavy atom. The predicted molar refractivity (Wildman–Crippen MR) is 91.5 cm³/mol. The van der Waals surface area contributed by atoms with Crippen LogP contribution in [0.25, 0.3) is 0 Å². The summed E-state index contributed by atoms with van der Waals surface area (Å²) in [6.07, 6.45) is 3.96.